The van der Waals surface area contributed by atoms with Gasteiger partial charge in [-0.25, -0.2) is 0 Å². The number of amides is 1. The standard InChI is InChI=1S/C16H18N2O5S/c1-21-11-7-10(8-12(22-2)14(11)19)9-13-15(20)17-16(24-13)18-3-5-23-6-4-18/h7-9,19H,3-6H2,1-2H3/b13-9+. The van der Waals surface area contributed by atoms with Gasteiger partial charge < -0.3 is 24.2 Å². The summed E-state index contributed by atoms with van der Waals surface area (Å²) in [6.07, 6.45) is 1.72. The zero-order valence-corrected chi connectivity index (χ0v) is 14.3. The molecule has 1 amide bonds. The number of ether oxygens (including phenoxy) is 3. The SMILES string of the molecule is COc1cc(/C=C2/SC(N3CCOCC3)=NC2=O)cc(OC)c1O. The Morgan fingerprint density at radius 1 is 1.25 bits per heavy atom. The summed E-state index contributed by atoms with van der Waals surface area (Å²) in [5, 5.41) is 10.7. The van der Waals surface area contributed by atoms with Gasteiger partial charge in [-0.3, -0.25) is 4.79 Å². The molecule has 0 aromatic heterocycles. The highest BCUT2D eigenvalue weighted by Gasteiger charge is 2.27. The molecule has 0 saturated carbocycles. The minimum absolute atomic E-state index is 0.0715. The van der Waals surface area contributed by atoms with Crippen molar-refractivity contribution in [2.45, 2.75) is 0 Å². The van der Waals surface area contributed by atoms with Crippen LogP contribution in [0.2, 0.25) is 0 Å². The molecule has 0 atom stereocenters. The highest BCUT2D eigenvalue weighted by molar-refractivity contribution is 8.18. The predicted molar refractivity (Wildman–Crippen MR) is 91.6 cm³/mol. The molecule has 2 aliphatic rings. The van der Waals surface area contributed by atoms with E-state index in [1.807, 2.05) is 4.90 Å². The summed E-state index contributed by atoms with van der Waals surface area (Å²) < 4.78 is 15.6. The number of benzene rings is 1. The summed E-state index contributed by atoms with van der Waals surface area (Å²) in [4.78, 5) is 18.9. The number of hydrogen-bond donors (Lipinski definition) is 1. The lowest BCUT2D eigenvalue weighted by Crippen LogP contribution is -2.38. The van der Waals surface area contributed by atoms with E-state index < -0.39 is 0 Å². The fourth-order valence-electron chi connectivity index (χ4n) is 2.44. The number of phenolic OH excluding ortho intramolecular Hbond substituents is 1. The molecule has 2 heterocycles. The lowest BCUT2D eigenvalue weighted by atomic mass is 10.1. The van der Waals surface area contributed by atoms with Crippen LogP contribution >= 0.6 is 11.8 Å². The van der Waals surface area contributed by atoms with Gasteiger partial charge in [0.15, 0.2) is 16.7 Å². The van der Waals surface area contributed by atoms with E-state index in [2.05, 4.69) is 4.99 Å². The topological polar surface area (TPSA) is 80.6 Å². The summed E-state index contributed by atoms with van der Waals surface area (Å²) in [7, 11) is 2.92. The number of aliphatic imine (C=N–C) groups is 1. The lowest BCUT2D eigenvalue weighted by Gasteiger charge is -2.27. The van der Waals surface area contributed by atoms with E-state index in [0.29, 0.717) is 28.9 Å². The maximum Gasteiger partial charge on any atom is 0.286 e. The summed E-state index contributed by atoms with van der Waals surface area (Å²) >= 11 is 1.34. The molecule has 0 radical (unpaired) electrons. The molecule has 0 bridgehead atoms. The number of rotatable bonds is 3. The molecule has 3 rings (SSSR count). The van der Waals surface area contributed by atoms with E-state index in [4.69, 9.17) is 14.2 Å². The van der Waals surface area contributed by atoms with Gasteiger partial charge in [-0.05, 0) is 35.5 Å². The first-order valence-corrected chi connectivity index (χ1v) is 8.24. The molecule has 0 spiro atoms. The first kappa shape index (κ1) is 16.7. The summed E-state index contributed by atoms with van der Waals surface area (Å²) in [5.74, 6) is 0.224. The Hall–Kier alpha value is -2.19. The van der Waals surface area contributed by atoms with Gasteiger partial charge in [-0.2, -0.15) is 4.99 Å². The second-order valence-corrected chi connectivity index (χ2v) is 6.19. The second-order valence-electron chi connectivity index (χ2n) is 5.18. The van der Waals surface area contributed by atoms with Crippen molar-refractivity contribution in [1.82, 2.24) is 4.90 Å². The van der Waals surface area contributed by atoms with Crippen LogP contribution in [0.5, 0.6) is 17.2 Å². The molecular formula is C16H18N2O5S. The van der Waals surface area contributed by atoms with Crippen molar-refractivity contribution in [3.63, 3.8) is 0 Å². The van der Waals surface area contributed by atoms with E-state index in [9.17, 15) is 9.90 Å². The molecule has 0 aliphatic carbocycles. The fourth-order valence-corrected chi connectivity index (χ4v) is 3.40. The van der Waals surface area contributed by atoms with Crippen LogP contribution in [-0.2, 0) is 9.53 Å². The first-order chi connectivity index (χ1) is 11.6. The molecule has 1 fully saturated rings. The molecule has 2 aliphatic heterocycles. The third-order valence-electron chi connectivity index (χ3n) is 3.69. The number of aromatic hydroxyl groups is 1. The van der Waals surface area contributed by atoms with Crippen molar-refractivity contribution >= 4 is 28.9 Å². The number of methoxy groups -OCH3 is 2. The van der Waals surface area contributed by atoms with Gasteiger partial charge in [0.2, 0.25) is 5.75 Å². The van der Waals surface area contributed by atoms with Gasteiger partial charge in [-0.15, -0.1) is 0 Å². The molecule has 1 saturated heterocycles. The molecule has 0 unspecified atom stereocenters. The molecule has 128 valence electrons. The maximum absolute atomic E-state index is 12.2. The van der Waals surface area contributed by atoms with Crippen molar-refractivity contribution in [3.8, 4) is 17.2 Å². The van der Waals surface area contributed by atoms with Gasteiger partial charge in [0.05, 0.1) is 32.3 Å². The summed E-state index contributed by atoms with van der Waals surface area (Å²) in [6.45, 7) is 2.73. The first-order valence-electron chi connectivity index (χ1n) is 7.42. The summed E-state index contributed by atoms with van der Waals surface area (Å²) in [6, 6.07) is 3.29. The van der Waals surface area contributed by atoms with Crippen LogP contribution in [0.15, 0.2) is 22.0 Å². The average molecular weight is 350 g/mol. The van der Waals surface area contributed by atoms with Crippen LogP contribution in [0.3, 0.4) is 0 Å². The zero-order valence-electron chi connectivity index (χ0n) is 13.4. The Morgan fingerprint density at radius 3 is 2.46 bits per heavy atom. The van der Waals surface area contributed by atoms with Gasteiger partial charge in [0, 0.05) is 13.1 Å². The van der Waals surface area contributed by atoms with E-state index >= 15 is 0 Å². The van der Waals surface area contributed by atoms with E-state index in [1.54, 1.807) is 18.2 Å². The van der Waals surface area contributed by atoms with Crippen molar-refractivity contribution in [1.29, 1.82) is 0 Å². The Balaban J connectivity index is 1.83. The van der Waals surface area contributed by atoms with Crippen molar-refractivity contribution in [2.24, 2.45) is 4.99 Å². The molecule has 24 heavy (non-hydrogen) atoms. The molecular weight excluding hydrogens is 332 g/mol. The molecule has 7 nitrogen and oxygen atoms in total. The van der Waals surface area contributed by atoms with Crippen LogP contribution in [0, 0.1) is 0 Å². The van der Waals surface area contributed by atoms with Crippen LogP contribution in [-0.4, -0.2) is 61.6 Å². The van der Waals surface area contributed by atoms with Crippen LogP contribution in [0.4, 0.5) is 0 Å². The number of morpholine rings is 1. The number of carbonyl (C=O) groups excluding carboxylic acids is 1. The van der Waals surface area contributed by atoms with Gasteiger partial charge in [0.1, 0.15) is 0 Å². The second kappa shape index (κ2) is 7.14. The third kappa shape index (κ3) is 3.34. The average Bonchev–Trinajstić information content (AvgIpc) is 2.97. The van der Waals surface area contributed by atoms with Crippen LogP contribution in [0.25, 0.3) is 6.08 Å². The van der Waals surface area contributed by atoms with E-state index in [0.717, 1.165) is 13.1 Å². The number of nitrogens with zero attached hydrogens (tertiary/aromatic N) is 2. The van der Waals surface area contributed by atoms with Crippen molar-refractivity contribution in [3.05, 3.63) is 22.6 Å². The predicted octanol–water partition coefficient (Wildman–Crippen LogP) is 1.71. The Labute approximate surface area is 143 Å². The maximum atomic E-state index is 12.2. The minimum atomic E-state index is -0.271. The third-order valence-corrected chi connectivity index (χ3v) is 4.74. The number of phenols is 1. The monoisotopic (exact) mass is 350 g/mol. The normalized spacial score (nSPS) is 19.6. The molecule has 8 heteroatoms. The molecule has 1 aromatic rings. The molecule has 1 aromatic carbocycles. The molecule has 1 N–H and O–H groups in total. The van der Waals surface area contributed by atoms with Gasteiger partial charge in [0.25, 0.3) is 5.91 Å². The van der Waals surface area contributed by atoms with Crippen molar-refractivity contribution < 1.29 is 24.1 Å². The lowest BCUT2D eigenvalue weighted by molar-refractivity contribution is -0.113. The number of thioether (sulfide) groups is 1. The minimum Gasteiger partial charge on any atom is -0.502 e. The Morgan fingerprint density at radius 2 is 1.88 bits per heavy atom. The van der Waals surface area contributed by atoms with Crippen LogP contribution in [0.1, 0.15) is 5.56 Å². The van der Waals surface area contributed by atoms with E-state index in [-0.39, 0.29) is 23.2 Å². The Bertz CT molecular complexity index is 685. The largest absolute Gasteiger partial charge is 0.502 e. The fraction of sp³-hybridized carbons (Fsp3) is 0.375. The van der Waals surface area contributed by atoms with Gasteiger partial charge >= 0.3 is 0 Å². The van der Waals surface area contributed by atoms with Gasteiger partial charge in [-0.1, -0.05) is 0 Å². The number of carbonyl (C=O) groups is 1. The van der Waals surface area contributed by atoms with E-state index in [1.165, 1.54) is 26.0 Å². The quantitative estimate of drug-likeness (QED) is 0.831. The number of amidine groups is 1. The highest BCUT2D eigenvalue weighted by Crippen LogP contribution is 2.39. The smallest absolute Gasteiger partial charge is 0.286 e. The number of hydrogen-bond acceptors (Lipinski definition) is 7. The Kier molecular flexibility index (Phi) is 4.96. The van der Waals surface area contributed by atoms with Crippen LogP contribution < -0.4 is 9.47 Å². The highest BCUT2D eigenvalue weighted by atomic mass is 32.2. The summed E-state index contributed by atoms with van der Waals surface area (Å²) in [5.41, 5.74) is 0.691. The zero-order chi connectivity index (χ0) is 17.1. The van der Waals surface area contributed by atoms with Crippen molar-refractivity contribution in [2.75, 3.05) is 40.5 Å².